The smallest absolute Gasteiger partial charge is 0.0677 e. The van der Waals surface area contributed by atoms with Gasteiger partial charge in [0.05, 0.1) is 12.2 Å². The molecule has 1 aromatic heterocycles. The summed E-state index contributed by atoms with van der Waals surface area (Å²) in [6.45, 7) is 9.98. The predicted molar refractivity (Wildman–Crippen MR) is 89.4 cm³/mol. The van der Waals surface area contributed by atoms with Crippen molar-refractivity contribution in [3.05, 3.63) is 50.8 Å². The first-order valence-corrected chi connectivity index (χ1v) is 7.90. The zero-order valence-corrected chi connectivity index (χ0v) is 14.4. The van der Waals surface area contributed by atoms with Gasteiger partial charge in [-0.1, -0.05) is 30.1 Å². The van der Waals surface area contributed by atoms with E-state index in [4.69, 9.17) is 23.2 Å². The topological polar surface area (TPSA) is 29.9 Å². The molecule has 0 radical (unpaired) electrons. The number of nitrogens with zero attached hydrogens (tertiary/aromatic N) is 2. The van der Waals surface area contributed by atoms with Crippen LogP contribution in [0.1, 0.15) is 42.4 Å². The first kappa shape index (κ1) is 16.3. The van der Waals surface area contributed by atoms with E-state index in [1.807, 2.05) is 23.7 Å². The number of aryl methyl sites for hydroxylation is 1. The fraction of sp³-hybridized carbons (Fsp3) is 0.438. The molecule has 0 saturated carbocycles. The van der Waals surface area contributed by atoms with Gasteiger partial charge in [-0.05, 0) is 51.1 Å². The van der Waals surface area contributed by atoms with Gasteiger partial charge in [0.1, 0.15) is 0 Å². The Labute approximate surface area is 136 Å². The molecular formula is C16H21Cl2N3. The Bertz CT molecular complexity index is 635. The van der Waals surface area contributed by atoms with E-state index in [2.05, 4.69) is 31.2 Å². The quantitative estimate of drug-likeness (QED) is 0.875. The second-order valence-corrected chi connectivity index (χ2v) is 6.10. The van der Waals surface area contributed by atoms with Crippen molar-refractivity contribution in [1.82, 2.24) is 15.1 Å². The van der Waals surface area contributed by atoms with E-state index in [1.165, 1.54) is 5.56 Å². The summed E-state index contributed by atoms with van der Waals surface area (Å²) in [6.07, 6.45) is 0. The largest absolute Gasteiger partial charge is 0.310 e. The molecule has 0 aliphatic heterocycles. The van der Waals surface area contributed by atoms with E-state index in [0.717, 1.165) is 23.5 Å². The number of benzene rings is 1. The van der Waals surface area contributed by atoms with E-state index in [0.29, 0.717) is 22.6 Å². The average molecular weight is 326 g/mol. The molecular weight excluding hydrogens is 305 g/mol. The summed E-state index contributed by atoms with van der Waals surface area (Å²) < 4.78 is 2.00. The van der Waals surface area contributed by atoms with Crippen LogP contribution in [-0.4, -0.2) is 16.3 Å². The van der Waals surface area contributed by atoms with Gasteiger partial charge in [0, 0.05) is 27.3 Å². The second-order valence-electron chi connectivity index (χ2n) is 5.26. The monoisotopic (exact) mass is 325 g/mol. The highest BCUT2D eigenvalue weighted by molar-refractivity contribution is 6.33. The minimum atomic E-state index is 0.290. The standard InChI is InChI=1S/C16H21Cl2N3/c1-5-19-10(2)16-11(3)20-21(12(16)4)9-13-8-14(17)6-7-15(13)18/h6-8,10,19H,5,9H2,1-4H3. The van der Waals surface area contributed by atoms with Gasteiger partial charge in [0.25, 0.3) is 0 Å². The van der Waals surface area contributed by atoms with Gasteiger partial charge in [0.2, 0.25) is 0 Å². The van der Waals surface area contributed by atoms with E-state index in [1.54, 1.807) is 6.07 Å². The molecule has 1 N–H and O–H groups in total. The van der Waals surface area contributed by atoms with E-state index in [9.17, 15) is 0 Å². The molecule has 0 saturated heterocycles. The third kappa shape index (κ3) is 3.60. The molecule has 1 aromatic carbocycles. The molecule has 0 aliphatic rings. The zero-order chi connectivity index (χ0) is 15.6. The van der Waals surface area contributed by atoms with Gasteiger partial charge in [-0.3, -0.25) is 4.68 Å². The first-order chi connectivity index (χ1) is 9.93. The molecule has 1 heterocycles. The van der Waals surface area contributed by atoms with Gasteiger partial charge < -0.3 is 5.32 Å². The lowest BCUT2D eigenvalue weighted by Gasteiger charge is -2.13. The zero-order valence-electron chi connectivity index (χ0n) is 12.9. The lowest BCUT2D eigenvalue weighted by molar-refractivity contribution is 0.589. The van der Waals surface area contributed by atoms with E-state index < -0.39 is 0 Å². The summed E-state index contributed by atoms with van der Waals surface area (Å²) in [5, 5.41) is 9.50. The van der Waals surface area contributed by atoms with E-state index >= 15 is 0 Å². The highest BCUT2D eigenvalue weighted by Crippen LogP contribution is 2.25. The number of rotatable bonds is 5. The summed E-state index contributed by atoms with van der Waals surface area (Å²) >= 11 is 12.3. The third-order valence-corrected chi connectivity index (χ3v) is 4.31. The lowest BCUT2D eigenvalue weighted by atomic mass is 10.1. The molecule has 1 atom stereocenters. The molecule has 2 rings (SSSR count). The fourth-order valence-corrected chi connectivity index (χ4v) is 3.10. The highest BCUT2D eigenvalue weighted by atomic mass is 35.5. The summed E-state index contributed by atoms with van der Waals surface area (Å²) in [4.78, 5) is 0. The fourth-order valence-electron chi connectivity index (χ4n) is 2.73. The van der Waals surface area contributed by atoms with Crippen molar-refractivity contribution < 1.29 is 0 Å². The third-order valence-electron chi connectivity index (χ3n) is 3.71. The maximum atomic E-state index is 6.25. The van der Waals surface area contributed by atoms with Crippen molar-refractivity contribution in [3.8, 4) is 0 Å². The average Bonchev–Trinajstić information content (AvgIpc) is 2.69. The minimum Gasteiger partial charge on any atom is -0.310 e. The summed E-state index contributed by atoms with van der Waals surface area (Å²) in [5.74, 6) is 0. The molecule has 5 heteroatoms. The van der Waals surface area contributed by atoms with Gasteiger partial charge in [-0.2, -0.15) is 5.10 Å². The maximum absolute atomic E-state index is 6.25. The van der Waals surface area contributed by atoms with Crippen LogP contribution in [-0.2, 0) is 6.54 Å². The molecule has 3 nitrogen and oxygen atoms in total. The molecule has 1 unspecified atom stereocenters. The molecule has 0 amide bonds. The van der Waals surface area contributed by atoms with Crippen LogP contribution in [0.4, 0.5) is 0 Å². The highest BCUT2D eigenvalue weighted by Gasteiger charge is 2.17. The normalized spacial score (nSPS) is 12.7. The van der Waals surface area contributed by atoms with Crippen LogP contribution < -0.4 is 5.32 Å². The Balaban J connectivity index is 2.33. The number of hydrogen-bond acceptors (Lipinski definition) is 2. The van der Waals surface area contributed by atoms with Crippen LogP contribution in [0, 0.1) is 13.8 Å². The number of aromatic nitrogens is 2. The Morgan fingerprint density at radius 3 is 2.67 bits per heavy atom. The summed E-state index contributed by atoms with van der Waals surface area (Å²) in [5.41, 5.74) is 4.46. The number of nitrogens with one attached hydrogen (secondary N) is 1. The number of halogens is 2. The predicted octanol–water partition coefficient (Wildman–Crippen LogP) is 4.53. The molecule has 2 aromatic rings. The molecule has 0 fully saturated rings. The Morgan fingerprint density at radius 1 is 1.29 bits per heavy atom. The van der Waals surface area contributed by atoms with Gasteiger partial charge in [-0.15, -0.1) is 0 Å². The van der Waals surface area contributed by atoms with Crippen molar-refractivity contribution in [1.29, 1.82) is 0 Å². The molecule has 0 aliphatic carbocycles. The van der Waals surface area contributed by atoms with Crippen LogP contribution in [0.5, 0.6) is 0 Å². The van der Waals surface area contributed by atoms with Gasteiger partial charge in [0.15, 0.2) is 0 Å². The second kappa shape index (κ2) is 6.82. The molecule has 21 heavy (non-hydrogen) atoms. The lowest BCUT2D eigenvalue weighted by Crippen LogP contribution is -2.19. The molecule has 114 valence electrons. The van der Waals surface area contributed by atoms with Crippen LogP contribution in [0.25, 0.3) is 0 Å². The van der Waals surface area contributed by atoms with Crippen LogP contribution >= 0.6 is 23.2 Å². The van der Waals surface area contributed by atoms with E-state index in [-0.39, 0.29) is 0 Å². The van der Waals surface area contributed by atoms with Crippen molar-refractivity contribution in [3.63, 3.8) is 0 Å². The van der Waals surface area contributed by atoms with Crippen molar-refractivity contribution in [2.45, 2.75) is 40.3 Å². The SMILES string of the molecule is CCNC(C)c1c(C)nn(Cc2cc(Cl)ccc2Cl)c1C. The van der Waals surface area contributed by atoms with Crippen molar-refractivity contribution in [2.75, 3.05) is 6.54 Å². The molecule has 0 spiro atoms. The van der Waals surface area contributed by atoms with Gasteiger partial charge >= 0.3 is 0 Å². The van der Waals surface area contributed by atoms with Crippen molar-refractivity contribution in [2.24, 2.45) is 0 Å². The molecule has 0 bridgehead atoms. The van der Waals surface area contributed by atoms with Crippen LogP contribution in [0.3, 0.4) is 0 Å². The first-order valence-electron chi connectivity index (χ1n) is 7.15. The van der Waals surface area contributed by atoms with Crippen molar-refractivity contribution >= 4 is 23.2 Å². The summed E-state index contributed by atoms with van der Waals surface area (Å²) in [7, 11) is 0. The number of hydrogen-bond donors (Lipinski definition) is 1. The van der Waals surface area contributed by atoms with Crippen LogP contribution in [0.2, 0.25) is 10.0 Å². The maximum Gasteiger partial charge on any atom is 0.0677 e. The Hall–Kier alpha value is -1.03. The minimum absolute atomic E-state index is 0.290. The van der Waals surface area contributed by atoms with Crippen LogP contribution in [0.15, 0.2) is 18.2 Å². The van der Waals surface area contributed by atoms with Gasteiger partial charge in [-0.25, -0.2) is 0 Å². The Kier molecular flexibility index (Phi) is 5.31. The Morgan fingerprint density at radius 2 is 2.00 bits per heavy atom. The summed E-state index contributed by atoms with van der Waals surface area (Å²) in [6, 6.07) is 5.81.